The van der Waals surface area contributed by atoms with Gasteiger partial charge in [-0.15, -0.1) is 11.3 Å². The lowest BCUT2D eigenvalue weighted by Gasteiger charge is -2.08. The second kappa shape index (κ2) is 5.99. The molecule has 0 bridgehead atoms. The van der Waals surface area contributed by atoms with E-state index in [0.29, 0.717) is 22.8 Å². The number of carbonyl (C=O) groups excluding carboxylic acids is 1. The second-order valence-corrected chi connectivity index (χ2v) is 6.89. The monoisotopic (exact) mass is 388 g/mol. The molecule has 2 nitrogen and oxygen atoms in total. The summed E-state index contributed by atoms with van der Waals surface area (Å²) in [6.45, 7) is 2.44. The average Bonchev–Trinajstić information content (AvgIpc) is 2.77. The number of benzene rings is 1. The Balaban J connectivity index is 2.42. The highest BCUT2D eigenvalue weighted by molar-refractivity contribution is 9.11. The number of rotatable bonds is 4. The zero-order valence-corrected chi connectivity index (χ0v) is 13.6. The van der Waals surface area contributed by atoms with Gasteiger partial charge in [0.25, 0.3) is 0 Å². The molecular formula is C13H10Br2O2S. The van der Waals surface area contributed by atoms with Crippen molar-refractivity contribution in [2.24, 2.45) is 0 Å². The predicted molar refractivity (Wildman–Crippen MR) is 80.8 cm³/mol. The molecule has 94 valence electrons. The van der Waals surface area contributed by atoms with Gasteiger partial charge in [-0.25, -0.2) is 0 Å². The van der Waals surface area contributed by atoms with E-state index in [1.54, 1.807) is 6.07 Å². The Morgan fingerprint density at radius 3 is 2.67 bits per heavy atom. The maximum absolute atomic E-state index is 12.4. The normalized spacial score (nSPS) is 10.4. The van der Waals surface area contributed by atoms with Gasteiger partial charge in [-0.1, -0.05) is 15.9 Å². The minimum atomic E-state index is -0.0181. The first-order chi connectivity index (χ1) is 8.61. The van der Waals surface area contributed by atoms with E-state index in [1.165, 1.54) is 11.3 Å². The molecule has 0 fully saturated rings. The maximum atomic E-state index is 12.4. The summed E-state index contributed by atoms with van der Waals surface area (Å²) in [7, 11) is 0. The number of thiophene rings is 1. The lowest BCUT2D eigenvalue weighted by molar-refractivity contribution is 0.103. The lowest BCUT2D eigenvalue weighted by atomic mass is 10.1. The van der Waals surface area contributed by atoms with Crippen LogP contribution < -0.4 is 4.74 Å². The molecule has 0 unspecified atom stereocenters. The minimum Gasteiger partial charge on any atom is -0.493 e. The number of hydrogen-bond acceptors (Lipinski definition) is 3. The molecule has 0 spiro atoms. The van der Waals surface area contributed by atoms with E-state index in [9.17, 15) is 4.79 Å². The molecule has 1 heterocycles. The van der Waals surface area contributed by atoms with Crippen LogP contribution in [0, 0.1) is 0 Å². The fraction of sp³-hybridized carbons (Fsp3) is 0.154. The Morgan fingerprint density at radius 2 is 2.06 bits per heavy atom. The molecular weight excluding hydrogens is 380 g/mol. The largest absolute Gasteiger partial charge is 0.493 e. The topological polar surface area (TPSA) is 26.3 Å². The first kappa shape index (κ1) is 13.8. The molecule has 0 aliphatic carbocycles. The summed E-state index contributed by atoms with van der Waals surface area (Å²) < 4.78 is 7.30. The van der Waals surface area contributed by atoms with Crippen molar-refractivity contribution in [2.45, 2.75) is 6.92 Å². The number of carbonyl (C=O) groups is 1. The predicted octanol–water partition coefficient (Wildman–Crippen LogP) is 4.90. The van der Waals surface area contributed by atoms with Gasteiger partial charge < -0.3 is 4.74 Å². The Labute approximate surface area is 126 Å². The van der Waals surface area contributed by atoms with Crippen molar-refractivity contribution in [1.82, 2.24) is 0 Å². The van der Waals surface area contributed by atoms with Crippen LogP contribution in [-0.4, -0.2) is 12.4 Å². The molecule has 0 aliphatic rings. The van der Waals surface area contributed by atoms with Gasteiger partial charge in [0, 0.05) is 4.47 Å². The highest BCUT2D eigenvalue weighted by Crippen LogP contribution is 2.29. The number of hydrogen-bond donors (Lipinski definition) is 0. The van der Waals surface area contributed by atoms with Crippen molar-refractivity contribution in [1.29, 1.82) is 0 Å². The molecule has 0 aliphatic heterocycles. The highest BCUT2D eigenvalue weighted by atomic mass is 79.9. The first-order valence-corrected chi connectivity index (χ1v) is 7.74. The highest BCUT2D eigenvalue weighted by Gasteiger charge is 2.16. The molecule has 2 rings (SSSR count). The Hall–Kier alpha value is -0.650. The molecule has 1 aromatic carbocycles. The standard InChI is InChI=1S/C13H10Br2O2S/c1-2-17-10-4-3-8(14)7-9(10)13(16)11-5-6-12(15)18-11/h3-7H,2H2,1H3. The van der Waals surface area contributed by atoms with Crippen LogP contribution in [0.2, 0.25) is 0 Å². The molecule has 0 amide bonds. The van der Waals surface area contributed by atoms with E-state index in [2.05, 4.69) is 31.9 Å². The molecule has 0 radical (unpaired) electrons. The summed E-state index contributed by atoms with van der Waals surface area (Å²) in [5.41, 5.74) is 0.584. The fourth-order valence-electron chi connectivity index (χ4n) is 1.53. The Bertz CT molecular complexity index is 578. The smallest absolute Gasteiger partial charge is 0.206 e. The third-order valence-electron chi connectivity index (χ3n) is 2.28. The Morgan fingerprint density at radius 1 is 1.28 bits per heavy atom. The summed E-state index contributed by atoms with van der Waals surface area (Å²) in [5, 5.41) is 0. The summed E-state index contributed by atoms with van der Waals surface area (Å²) >= 11 is 8.16. The van der Waals surface area contributed by atoms with Crippen LogP contribution in [-0.2, 0) is 0 Å². The van der Waals surface area contributed by atoms with Crippen LogP contribution in [0.15, 0.2) is 38.6 Å². The van der Waals surface area contributed by atoms with Gasteiger partial charge in [0.2, 0.25) is 5.78 Å². The van der Waals surface area contributed by atoms with E-state index in [4.69, 9.17) is 4.74 Å². The zero-order chi connectivity index (χ0) is 13.1. The third-order valence-corrected chi connectivity index (χ3v) is 4.40. The number of ether oxygens (including phenoxy) is 1. The number of ketones is 1. The number of halogens is 2. The quantitative estimate of drug-likeness (QED) is 0.695. The van der Waals surface area contributed by atoms with Crippen molar-refractivity contribution in [3.63, 3.8) is 0 Å². The van der Waals surface area contributed by atoms with E-state index in [0.717, 1.165) is 8.26 Å². The van der Waals surface area contributed by atoms with Gasteiger partial charge in [-0.3, -0.25) is 4.79 Å². The molecule has 0 saturated heterocycles. The molecule has 2 aromatic rings. The summed E-state index contributed by atoms with van der Waals surface area (Å²) in [6, 6.07) is 9.15. The van der Waals surface area contributed by atoms with E-state index >= 15 is 0 Å². The van der Waals surface area contributed by atoms with E-state index in [-0.39, 0.29) is 5.78 Å². The average molecular weight is 390 g/mol. The van der Waals surface area contributed by atoms with Crippen molar-refractivity contribution >= 4 is 49.0 Å². The summed E-state index contributed by atoms with van der Waals surface area (Å²) in [5.74, 6) is 0.602. The SMILES string of the molecule is CCOc1ccc(Br)cc1C(=O)c1ccc(Br)s1. The van der Waals surface area contributed by atoms with E-state index in [1.807, 2.05) is 31.2 Å². The molecule has 5 heteroatoms. The van der Waals surface area contributed by atoms with Gasteiger partial charge >= 0.3 is 0 Å². The minimum absolute atomic E-state index is 0.0181. The maximum Gasteiger partial charge on any atom is 0.206 e. The van der Waals surface area contributed by atoms with Crippen molar-refractivity contribution in [2.75, 3.05) is 6.61 Å². The van der Waals surface area contributed by atoms with E-state index < -0.39 is 0 Å². The molecule has 18 heavy (non-hydrogen) atoms. The third kappa shape index (κ3) is 3.02. The van der Waals surface area contributed by atoms with Crippen molar-refractivity contribution < 1.29 is 9.53 Å². The summed E-state index contributed by atoms with van der Waals surface area (Å²) in [4.78, 5) is 13.1. The first-order valence-electron chi connectivity index (χ1n) is 5.34. The zero-order valence-electron chi connectivity index (χ0n) is 9.57. The van der Waals surface area contributed by atoms with Crippen LogP contribution in [0.25, 0.3) is 0 Å². The van der Waals surface area contributed by atoms with Gasteiger partial charge in [0.1, 0.15) is 5.75 Å². The van der Waals surface area contributed by atoms with Gasteiger partial charge in [-0.05, 0) is 53.2 Å². The van der Waals surface area contributed by atoms with Crippen LogP contribution in [0.1, 0.15) is 22.2 Å². The van der Waals surface area contributed by atoms with Crippen LogP contribution >= 0.6 is 43.2 Å². The van der Waals surface area contributed by atoms with Crippen LogP contribution in [0.3, 0.4) is 0 Å². The molecule has 0 atom stereocenters. The van der Waals surface area contributed by atoms with Gasteiger partial charge in [0.15, 0.2) is 0 Å². The second-order valence-electron chi connectivity index (χ2n) is 3.51. The Kier molecular flexibility index (Phi) is 4.59. The van der Waals surface area contributed by atoms with Gasteiger partial charge in [0.05, 0.1) is 20.8 Å². The summed E-state index contributed by atoms with van der Waals surface area (Å²) in [6.07, 6.45) is 0. The van der Waals surface area contributed by atoms with Crippen molar-refractivity contribution in [3.8, 4) is 5.75 Å². The van der Waals surface area contributed by atoms with Crippen LogP contribution in [0.4, 0.5) is 0 Å². The molecule has 0 N–H and O–H groups in total. The van der Waals surface area contributed by atoms with Crippen LogP contribution in [0.5, 0.6) is 5.75 Å². The van der Waals surface area contributed by atoms with Gasteiger partial charge in [-0.2, -0.15) is 0 Å². The van der Waals surface area contributed by atoms with Crippen molar-refractivity contribution in [3.05, 3.63) is 49.0 Å². The molecule has 0 saturated carbocycles. The molecule has 1 aromatic heterocycles. The lowest BCUT2D eigenvalue weighted by Crippen LogP contribution is -2.04. The fourth-order valence-corrected chi connectivity index (χ4v) is 3.23.